The third-order valence-corrected chi connectivity index (χ3v) is 1.70. The van der Waals surface area contributed by atoms with Crippen LogP contribution in [0.4, 0.5) is 0 Å². The zero-order chi connectivity index (χ0) is 13.1. The monoisotopic (exact) mass is 218 g/mol. The van der Waals surface area contributed by atoms with E-state index in [1.165, 1.54) is 5.56 Å². The molecule has 0 amide bonds. The molecule has 0 spiro atoms. The van der Waals surface area contributed by atoms with Crippen molar-refractivity contribution in [2.24, 2.45) is 0 Å². The fraction of sp³-hybridized carbons (Fsp3) is 0.375. The average molecular weight is 218 g/mol. The van der Waals surface area contributed by atoms with Gasteiger partial charge in [-0.3, -0.25) is 0 Å². The fourth-order valence-corrected chi connectivity index (χ4v) is 1.14. The first kappa shape index (κ1) is 17.1. The Labute approximate surface area is 101 Å². The molecule has 0 nitrogen and oxygen atoms in total. The number of hydrogen-bond donors (Lipinski definition) is 0. The molecule has 0 N–H and O–H groups in total. The minimum absolute atomic E-state index is 1.06. The van der Waals surface area contributed by atoms with Crippen molar-refractivity contribution < 1.29 is 0 Å². The smallest absolute Gasteiger partial charge is 0.0187 e. The van der Waals surface area contributed by atoms with Gasteiger partial charge in [0.05, 0.1) is 0 Å². The van der Waals surface area contributed by atoms with Crippen LogP contribution in [0, 0.1) is 6.92 Å². The van der Waals surface area contributed by atoms with Crippen LogP contribution in [0.1, 0.15) is 40.2 Å². The normalized spacial score (nSPS) is 9.50. The summed E-state index contributed by atoms with van der Waals surface area (Å²) in [6.07, 6.45) is 2.04. The number of aryl methyl sites for hydroxylation is 1. The molecule has 1 aromatic rings. The predicted molar refractivity (Wildman–Crippen MR) is 77.9 cm³/mol. The summed E-state index contributed by atoms with van der Waals surface area (Å²) in [6.45, 7) is 19.8. The van der Waals surface area contributed by atoms with Crippen LogP contribution < -0.4 is 10.4 Å². The molecule has 0 heteroatoms. The molecule has 0 saturated carbocycles. The molecule has 0 atom stereocenters. The van der Waals surface area contributed by atoms with Gasteiger partial charge in [0, 0.05) is 0 Å². The third kappa shape index (κ3) is 7.05. The number of benzene rings is 1. The van der Waals surface area contributed by atoms with E-state index in [0.717, 1.165) is 16.0 Å². The second kappa shape index (κ2) is 10.2. The molecule has 90 valence electrons. The summed E-state index contributed by atoms with van der Waals surface area (Å²) in [6, 6.07) is 6.24. The van der Waals surface area contributed by atoms with E-state index >= 15 is 0 Å². The Morgan fingerprint density at radius 1 is 1.12 bits per heavy atom. The van der Waals surface area contributed by atoms with Crippen LogP contribution in [-0.2, 0) is 0 Å². The summed E-state index contributed by atoms with van der Waals surface area (Å²) in [4.78, 5) is 0. The van der Waals surface area contributed by atoms with Gasteiger partial charge in [-0.25, -0.2) is 0 Å². The van der Waals surface area contributed by atoms with E-state index in [-0.39, 0.29) is 0 Å². The molecular weight excluding hydrogens is 192 g/mol. The van der Waals surface area contributed by atoms with Crippen LogP contribution in [0.25, 0.3) is 12.7 Å². The Bertz CT molecular complexity index is 397. The maximum atomic E-state index is 3.96. The second-order valence-electron chi connectivity index (χ2n) is 3.19. The van der Waals surface area contributed by atoms with Crippen LogP contribution in [0.3, 0.4) is 0 Å². The number of allylic oxidation sites excluding steroid dienone is 1. The first-order chi connectivity index (χ1) is 7.59. The molecule has 0 aliphatic heterocycles. The summed E-state index contributed by atoms with van der Waals surface area (Å²) in [5, 5.41) is 2.23. The van der Waals surface area contributed by atoms with E-state index in [1.807, 2.05) is 40.7 Å². The van der Waals surface area contributed by atoms with Gasteiger partial charge in [0.2, 0.25) is 0 Å². The van der Waals surface area contributed by atoms with Gasteiger partial charge in [-0.05, 0) is 24.3 Å². The standard InChI is InChI=1S/C12H14.2C2H6/c1-9(2)7-12-6-5-10(3)8-11(12)4;2*1-2/h5-8H,1,4H2,2-3H3;2*1-2H3/b12-7-;;. The largest absolute Gasteiger partial charge is 0.0961 e. The Kier molecular flexibility index (Phi) is 10.9. The zero-order valence-corrected chi connectivity index (χ0v) is 11.7. The molecule has 0 fully saturated rings. The molecule has 1 aromatic carbocycles. The second-order valence-corrected chi connectivity index (χ2v) is 3.19. The molecule has 0 heterocycles. The van der Waals surface area contributed by atoms with Crippen LogP contribution in [0.2, 0.25) is 0 Å². The minimum Gasteiger partial charge on any atom is -0.0961 e. The van der Waals surface area contributed by atoms with Gasteiger partial charge < -0.3 is 0 Å². The Morgan fingerprint density at radius 2 is 1.62 bits per heavy atom. The molecule has 0 aliphatic carbocycles. The quantitative estimate of drug-likeness (QED) is 0.672. The number of rotatable bonds is 1. The van der Waals surface area contributed by atoms with Gasteiger partial charge in [-0.2, -0.15) is 0 Å². The first-order valence-electron chi connectivity index (χ1n) is 6.02. The fourth-order valence-electron chi connectivity index (χ4n) is 1.14. The highest BCUT2D eigenvalue weighted by atomic mass is 13.9. The molecule has 1 rings (SSSR count). The van der Waals surface area contributed by atoms with Gasteiger partial charge in [-0.15, -0.1) is 0 Å². The summed E-state index contributed by atoms with van der Waals surface area (Å²) in [7, 11) is 0. The van der Waals surface area contributed by atoms with Crippen molar-refractivity contribution in [3.63, 3.8) is 0 Å². The topological polar surface area (TPSA) is 0 Å². The molecule has 0 aliphatic rings. The van der Waals surface area contributed by atoms with Crippen molar-refractivity contribution in [3.8, 4) is 0 Å². The van der Waals surface area contributed by atoms with Gasteiger partial charge >= 0.3 is 0 Å². The van der Waals surface area contributed by atoms with Crippen molar-refractivity contribution in [2.45, 2.75) is 41.5 Å². The SMILES string of the molecule is C=C(C)/C=c1/ccc(C)cc1=C.CC.CC. The van der Waals surface area contributed by atoms with E-state index in [2.05, 4.69) is 38.3 Å². The Morgan fingerprint density at radius 3 is 2.00 bits per heavy atom. The lowest BCUT2D eigenvalue weighted by molar-refractivity contribution is 1.40. The highest BCUT2D eigenvalue weighted by molar-refractivity contribution is 5.44. The summed E-state index contributed by atoms with van der Waals surface area (Å²) in [5.74, 6) is 0. The van der Waals surface area contributed by atoms with Crippen LogP contribution >= 0.6 is 0 Å². The van der Waals surface area contributed by atoms with Gasteiger partial charge in [-0.1, -0.05) is 76.3 Å². The summed E-state index contributed by atoms with van der Waals surface area (Å²) in [5.41, 5.74) is 2.31. The first-order valence-corrected chi connectivity index (χ1v) is 6.02. The van der Waals surface area contributed by atoms with Gasteiger partial charge in [0.1, 0.15) is 0 Å². The van der Waals surface area contributed by atoms with Crippen LogP contribution in [-0.4, -0.2) is 0 Å². The number of hydrogen-bond acceptors (Lipinski definition) is 0. The lowest BCUT2D eigenvalue weighted by Crippen LogP contribution is -2.22. The van der Waals surface area contributed by atoms with Crippen LogP contribution in [0.5, 0.6) is 0 Å². The minimum atomic E-state index is 1.06. The molecule has 0 saturated heterocycles. The maximum absolute atomic E-state index is 3.96. The highest BCUT2D eigenvalue weighted by Crippen LogP contribution is 1.88. The maximum Gasteiger partial charge on any atom is -0.0187 e. The molecule has 0 unspecified atom stereocenters. The van der Waals surface area contributed by atoms with Gasteiger partial charge in [0.15, 0.2) is 0 Å². The van der Waals surface area contributed by atoms with Gasteiger partial charge in [0.25, 0.3) is 0 Å². The lowest BCUT2D eigenvalue weighted by atomic mass is 10.1. The van der Waals surface area contributed by atoms with Crippen molar-refractivity contribution >= 4 is 12.7 Å². The van der Waals surface area contributed by atoms with E-state index in [1.54, 1.807) is 0 Å². The third-order valence-electron chi connectivity index (χ3n) is 1.70. The molecular formula is C16H26. The van der Waals surface area contributed by atoms with Crippen LogP contribution in [0.15, 0.2) is 30.4 Å². The van der Waals surface area contributed by atoms with E-state index in [0.29, 0.717) is 0 Å². The average Bonchev–Trinajstić information content (AvgIpc) is 2.28. The van der Waals surface area contributed by atoms with Crippen molar-refractivity contribution in [3.05, 3.63) is 46.4 Å². The molecule has 16 heavy (non-hydrogen) atoms. The Hall–Kier alpha value is -1.30. The summed E-state index contributed by atoms with van der Waals surface area (Å²) < 4.78 is 0. The van der Waals surface area contributed by atoms with Crippen molar-refractivity contribution in [2.75, 3.05) is 0 Å². The lowest BCUT2D eigenvalue weighted by Gasteiger charge is -1.92. The highest BCUT2D eigenvalue weighted by Gasteiger charge is 1.84. The summed E-state index contributed by atoms with van der Waals surface area (Å²) >= 11 is 0. The Balaban J connectivity index is 0. The predicted octanol–water partition coefficient (Wildman–Crippen LogP) is 3.81. The van der Waals surface area contributed by atoms with E-state index in [9.17, 15) is 0 Å². The molecule has 0 bridgehead atoms. The molecule has 0 aromatic heterocycles. The van der Waals surface area contributed by atoms with E-state index in [4.69, 9.17) is 0 Å². The van der Waals surface area contributed by atoms with Crippen molar-refractivity contribution in [1.82, 2.24) is 0 Å². The van der Waals surface area contributed by atoms with E-state index < -0.39 is 0 Å². The zero-order valence-electron chi connectivity index (χ0n) is 11.7. The van der Waals surface area contributed by atoms with Crippen molar-refractivity contribution in [1.29, 1.82) is 0 Å². The molecule has 0 radical (unpaired) electrons.